The number of hydrogen-bond acceptors (Lipinski definition) is 2. The lowest BCUT2D eigenvalue weighted by atomic mass is 10.1. The molecule has 0 aromatic heterocycles. The van der Waals surface area contributed by atoms with E-state index in [-0.39, 0.29) is 11.5 Å². The van der Waals surface area contributed by atoms with E-state index >= 15 is 0 Å². The lowest BCUT2D eigenvalue weighted by Crippen LogP contribution is -2.08. The first kappa shape index (κ1) is 14.4. The maximum absolute atomic E-state index is 13.6. The minimum absolute atomic E-state index is 0.00425. The molecule has 0 aliphatic carbocycles. The number of benzene rings is 2. The number of aryl methyl sites for hydroxylation is 1. The van der Waals surface area contributed by atoms with Crippen molar-refractivity contribution in [2.45, 2.75) is 19.9 Å². The fourth-order valence-electron chi connectivity index (χ4n) is 1.83. The minimum Gasteiger partial charge on any atom is -0.457 e. The van der Waals surface area contributed by atoms with E-state index in [0.717, 1.165) is 18.2 Å². The SMILES string of the molecule is Cc1cc(Oc2cc(F)cc(F)c2)c([C@H](C)N)cc1F. The van der Waals surface area contributed by atoms with Crippen LogP contribution < -0.4 is 10.5 Å². The van der Waals surface area contributed by atoms with Crippen molar-refractivity contribution in [1.82, 2.24) is 0 Å². The molecule has 0 aliphatic rings. The van der Waals surface area contributed by atoms with Gasteiger partial charge in [-0.25, -0.2) is 13.2 Å². The van der Waals surface area contributed by atoms with E-state index in [4.69, 9.17) is 10.5 Å². The van der Waals surface area contributed by atoms with Crippen molar-refractivity contribution in [3.63, 3.8) is 0 Å². The lowest BCUT2D eigenvalue weighted by Gasteiger charge is -2.15. The van der Waals surface area contributed by atoms with Crippen LogP contribution in [-0.2, 0) is 0 Å². The van der Waals surface area contributed by atoms with Crippen molar-refractivity contribution in [2.75, 3.05) is 0 Å². The number of rotatable bonds is 3. The molecule has 0 radical (unpaired) electrons. The van der Waals surface area contributed by atoms with Gasteiger partial charge in [-0.15, -0.1) is 0 Å². The van der Waals surface area contributed by atoms with Crippen molar-refractivity contribution in [2.24, 2.45) is 5.73 Å². The zero-order chi connectivity index (χ0) is 14.9. The summed E-state index contributed by atoms with van der Waals surface area (Å²) >= 11 is 0. The largest absolute Gasteiger partial charge is 0.457 e. The summed E-state index contributed by atoms with van der Waals surface area (Å²) in [6, 6.07) is 5.09. The van der Waals surface area contributed by atoms with Crippen LogP contribution in [0.4, 0.5) is 13.2 Å². The normalized spacial score (nSPS) is 12.3. The van der Waals surface area contributed by atoms with Gasteiger partial charge in [0.05, 0.1) is 0 Å². The molecule has 0 spiro atoms. The van der Waals surface area contributed by atoms with E-state index < -0.39 is 23.5 Å². The zero-order valence-corrected chi connectivity index (χ0v) is 11.1. The van der Waals surface area contributed by atoms with Gasteiger partial charge in [-0.3, -0.25) is 0 Å². The van der Waals surface area contributed by atoms with Crippen LogP contribution in [0.1, 0.15) is 24.1 Å². The first-order valence-electron chi connectivity index (χ1n) is 6.06. The third-order valence-corrected chi connectivity index (χ3v) is 2.85. The van der Waals surface area contributed by atoms with Crippen molar-refractivity contribution in [1.29, 1.82) is 0 Å². The molecule has 106 valence electrons. The topological polar surface area (TPSA) is 35.2 Å². The molecule has 0 saturated carbocycles. The van der Waals surface area contributed by atoms with Crippen LogP contribution in [-0.4, -0.2) is 0 Å². The Bertz CT molecular complexity index is 621. The van der Waals surface area contributed by atoms with Crippen LogP contribution in [0.3, 0.4) is 0 Å². The summed E-state index contributed by atoms with van der Waals surface area (Å²) in [4.78, 5) is 0. The monoisotopic (exact) mass is 281 g/mol. The fourth-order valence-corrected chi connectivity index (χ4v) is 1.83. The third kappa shape index (κ3) is 3.11. The molecule has 20 heavy (non-hydrogen) atoms. The summed E-state index contributed by atoms with van der Waals surface area (Å²) in [5, 5.41) is 0. The molecule has 0 bridgehead atoms. The molecule has 0 heterocycles. The highest BCUT2D eigenvalue weighted by Gasteiger charge is 2.13. The smallest absolute Gasteiger partial charge is 0.133 e. The van der Waals surface area contributed by atoms with E-state index in [0.29, 0.717) is 11.1 Å². The highest BCUT2D eigenvalue weighted by atomic mass is 19.1. The summed E-state index contributed by atoms with van der Waals surface area (Å²) in [5.74, 6) is -1.63. The van der Waals surface area contributed by atoms with Crippen molar-refractivity contribution in [3.05, 3.63) is 58.9 Å². The van der Waals surface area contributed by atoms with Crippen molar-refractivity contribution >= 4 is 0 Å². The van der Waals surface area contributed by atoms with Gasteiger partial charge in [-0.1, -0.05) is 0 Å². The van der Waals surface area contributed by atoms with Gasteiger partial charge < -0.3 is 10.5 Å². The molecule has 2 N–H and O–H groups in total. The van der Waals surface area contributed by atoms with E-state index in [1.54, 1.807) is 13.8 Å². The van der Waals surface area contributed by atoms with Gasteiger partial charge in [-0.2, -0.15) is 0 Å². The molecule has 2 aromatic carbocycles. The number of ether oxygens (including phenoxy) is 1. The second-order valence-electron chi connectivity index (χ2n) is 4.64. The highest BCUT2D eigenvalue weighted by Crippen LogP contribution is 2.31. The van der Waals surface area contributed by atoms with Gasteiger partial charge in [0.25, 0.3) is 0 Å². The van der Waals surface area contributed by atoms with Crippen LogP contribution >= 0.6 is 0 Å². The van der Waals surface area contributed by atoms with E-state index in [9.17, 15) is 13.2 Å². The van der Waals surface area contributed by atoms with Gasteiger partial charge in [0, 0.05) is 29.8 Å². The maximum Gasteiger partial charge on any atom is 0.133 e. The standard InChI is InChI=1S/C15H14F3NO/c1-8-3-15(13(9(2)19)7-14(8)18)20-12-5-10(16)4-11(17)6-12/h3-7,9H,19H2,1-2H3/t9-/m0/s1. The minimum atomic E-state index is -0.749. The third-order valence-electron chi connectivity index (χ3n) is 2.85. The Morgan fingerprint density at radius 1 is 1.00 bits per heavy atom. The summed E-state index contributed by atoms with van der Waals surface area (Å²) in [6.07, 6.45) is 0. The van der Waals surface area contributed by atoms with Gasteiger partial charge in [0.15, 0.2) is 0 Å². The predicted molar refractivity (Wildman–Crippen MR) is 70.2 cm³/mol. The Hall–Kier alpha value is -2.01. The van der Waals surface area contributed by atoms with Crippen molar-refractivity contribution < 1.29 is 17.9 Å². The van der Waals surface area contributed by atoms with Gasteiger partial charge in [-0.05, 0) is 31.5 Å². The Morgan fingerprint density at radius 2 is 1.60 bits per heavy atom. The molecule has 5 heteroatoms. The molecule has 0 fully saturated rings. The van der Waals surface area contributed by atoms with Crippen LogP contribution in [0.25, 0.3) is 0 Å². The Labute approximate surface area is 115 Å². The average Bonchev–Trinajstić information content (AvgIpc) is 2.31. The number of hydrogen-bond donors (Lipinski definition) is 1. The molecule has 0 amide bonds. The predicted octanol–water partition coefficient (Wildman–Crippen LogP) is 4.22. The summed E-state index contributed by atoms with van der Waals surface area (Å²) < 4.78 is 45.3. The number of halogens is 3. The molecule has 2 nitrogen and oxygen atoms in total. The van der Waals surface area contributed by atoms with Crippen LogP contribution in [0.2, 0.25) is 0 Å². The zero-order valence-electron chi connectivity index (χ0n) is 11.1. The fraction of sp³-hybridized carbons (Fsp3) is 0.200. The highest BCUT2D eigenvalue weighted by molar-refractivity contribution is 5.42. The first-order chi connectivity index (χ1) is 9.36. The second-order valence-corrected chi connectivity index (χ2v) is 4.64. The molecular formula is C15H14F3NO. The number of nitrogens with two attached hydrogens (primary N) is 1. The second kappa shape index (κ2) is 5.54. The summed E-state index contributed by atoms with van der Waals surface area (Å²) in [5.41, 5.74) is 6.54. The van der Waals surface area contributed by atoms with Gasteiger partial charge in [0.2, 0.25) is 0 Å². The molecule has 1 atom stereocenters. The average molecular weight is 281 g/mol. The first-order valence-corrected chi connectivity index (χ1v) is 6.06. The molecule has 2 rings (SSSR count). The quantitative estimate of drug-likeness (QED) is 0.914. The maximum atomic E-state index is 13.6. The molecule has 0 aliphatic heterocycles. The van der Waals surface area contributed by atoms with E-state index in [1.807, 2.05) is 0 Å². The van der Waals surface area contributed by atoms with Crippen LogP contribution in [0, 0.1) is 24.4 Å². The Kier molecular flexibility index (Phi) is 3.99. The Morgan fingerprint density at radius 3 is 2.15 bits per heavy atom. The van der Waals surface area contributed by atoms with Crippen LogP contribution in [0.5, 0.6) is 11.5 Å². The molecule has 2 aromatic rings. The molecule has 0 saturated heterocycles. The van der Waals surface area contributed by atoms with Gasteiger partial charge >= 0.3 is 0 Å². The van der Waals surface area contributed by atoms with E-state index in [1.165, 1.54) is 12.1 Å². The van der Waals surface area contributed by atoms with E-state index in [2.05, 4.69) is 0 Å². The lowest BCUT2D eigenvalue weighted by molar-refractivity contribution is 0.456. The summed E-state index contributed by atoms with van der Waals surface area (Å²) in [6.45, 7) is 3.24. The Balaban J connectivity index is 2.44. The van der Waals surface area contributed by atoms with Gasteiger partial charge in [0.1, 0.15) is 29.0 Å². The van der Waals surface area contributed by atoms with Crippen molar-refractivity contribution in [3.8, 4) is 11.5 Å². The molecular weight excluding hydrogens is 267 g/mol. The summed E-state index contributed by atoms with van der Waals surface area (Å²) in [7, 11) is 0. The molecule has 0 unspecified atom stereocenters. The van der Waals surface area contributed by atoms with Crippen LogP contribution in [0.15, 0.2) is 30.3 Å².